The highest BCUT2D eigenvalue weighted by Gasteiger charge is 2.07. The van der Waals surface area contributed by atoms with Crippen molar-refractivity contribution in [1.82, 2.24) is 9.78 Å². The summed E-state index contributed by atoms with van der Waals surface area (Å²) in [5.74, 6) is 0.616. The maximum absolute atomic E-state index is 11.5. The number of nitrogens with zero attached hydrogens (tertiary/aromatic N) is 2. The highest BCUT2D eigenvalue weighted by Crippen LogP contribution is 2.12. The molecule has 0 saturated carbocycles. The summed E-state index contributed by atoms with van der Waals surface area (Å²) in [5.41, 5.74) is 0.975. The molecule has 0 fully saturated rings. The maximum Gasteiger partial charge on any atom is 0.249 e. The number of amides is 1. The van der Waals surface area contributed by atoms with Crippen LogP contribution >= 0.6 is 0 Å². The molecule has 0 saturated heterocycles. The molecular formula is C11H17N3O. The highest BCUT2D eigenvalue weighted by atomic mass is 16.1. The van der Waals surface area contributed by atoms with E-state index in [-0.39, 0.29) is 11.9 Å². The molecule has 1 heterocycles. The zero-order chi connectivity index (χ0) is 11.4. The molecule has 0 aliphatic carbocycles. The van der Waals surface area contributed by atoms with Crippen LogP contribution in [0.1, 0.15) is 33.7 Å². The molecule has 0 bridgehead atoms. The molecule has 0 unspecified atom stereocenters. The van der Waals surface area contributed by atoms with E-state index in [1.54, 1.807) is 23.0 Å². The van der Waals surface area contributed by atoms with Crippen molar-refractivity contribution in [3.8, 4) is 0 Å². The Morgan fingerprint density at radius 2 is 2.20 bits per heavy atom. The van der Waals surface area contributed by atoms with Crippen LogP contribution in [-0.2, 0) is 4.79 Å². The molecule has 1 aromatic rings. The maximum atomic E-state index is 11.5. The van der Waals surface area contributed by atoms with Gasteiger partial charge in [0.2, 0.25) is 5.91 Å². The van der Waals surface area contributed by atoms with Crippen LogP contribution in [0.15, 0.2) is 23.9 Å². The van der Waals surface area contributed by atoms with Crippen LogP contribution in [0, 0.1) is 0 Å². The molecule has 0 aromatic carbocycles. The summed E-state index contributed by atoms with van der Waals surface area (Å²) in [6.07, 6.45) is 3.25. The number of nitrogens with one attached hydrogen (secondary N) is 1. The van der Waals surface area contributed by atoms with Crippen molar-refractivity contribution in [2.75, 3.05) is 5.32 Å². The second-order valence-corrected chi connectivity index (χ2v) is 3.97. The zero-order valence-corrected chi connectivity index (χ0v) is 9.61. The summed E-state index contributed by atoms with van der Waals surface area (Å²) >= 11 is 0. The second-order valence-electron chi connectivity index (χ2n) is 3.97. The standard InChI is InChI=1S/C11H17N3O/c1-8(2)7-11(15)13-10-5-6-12-14(10)9(3)4/h5-7,9H,1-4H3,(H,13,15). The summed E-state index contributed by atoms with van der Waals surface area (Å²) in [6, 6.07) is 2.03. The molecule has 1 N–H and O–H groups in total. The Balaban J connectivity index is 2.77. The Kier molecular flexibility index (Phi) is 3.66. The van der Waals surface area contributed by atoms with Gasteiger partial charge in [-0.3, -0.25) is 4.79 Å². The summed E-state index contributed by atoms with van der Waals surface area (Å²) in [7, 11) is 0. The molecule has 0 aliphatic rings. The first-order chi connectivity index (χ1) is 7.00. The minimum absolute atomic E-state index is 0.114. The molecule has 1 aromatic heterocycles. The van der Waals surface area contributed by atoms with Gasteiger partial charge in [-0.05, 0) is 27.7 Å². The number of allylic oxidation sites excluding steroid dienone is 1. The largest absolute Gasteiger partial charge is 0.307 e. The Morgan fingerprint density at radius 1 is 1.53 bits per heavy atom. The van der Waals surface area contributed by atoms with E-state index in [2.05, 4.69) is 10.4 Å². The van der Waals surface area contributed by atoms with Crippen molar-refractivity contribution >= 4 is 11.7 Å². The quantitative estimate of drug-likeness (QED) is 0.773. The van der Waals surface area contributed by atoms with Crippen molar-refractivity contribution in [3.05, 3.63) is 23.9 Å². The van der Waals surface area contributed by atoms with E-state index >= 15 is 0 Å². The van der Waals surface area contributed by atoms with Gasteiger partial charge in [0.25, 0.3) is 0 Å². The molecular weight excluding hydrogens is 190 g/mol. The van der Waals surface area contributed by atoms with Crippen LogP contribution in [0.2, 0.25) is 0 Å². The summed E-state index contributed by atoms with van der Waals surface area (Å²) in [5, 5.41) is 6.92. The molecule has 4 nitrogen and oxygen atoms in total. The minimum atomic E-state index is -0.114. The SMILES string of the molecule is CC(C)=CC(=O)Nc1ccnn1C(C)C. The molecule has 1 amide bonds. The van der Waals surface area contributed by atoms with Crippen LogP contribution in [-0.4, -0.2) is 15.7 Å². The fraction of sp³-hybridized carbons (Fsp3) is 0.455. The van der Waals surface area contributed by atoms with Crippen molar-refractivity contribution in [2.24, 2.45) is 0 Å². The van der Waals surface area contributed by atoms with Gasteiger partial charge >= 0.3 is 0 Å². The summed E-state index contributed by atoms with van der Waals surface area (Å²) in [6.45, 7) is 7.81. The van der Waals surface area contributed by atoms with E-state index < -0.39 is 0 Å². The molecule has 0 spiro atoms. The predicted molar refractivity (Wildman–Crippen MR) is 60.7 cm³/mol. The van der Waals surface area contributed by atoms with E-state index in [1.807, 2.05) is 27.7 Å². The van der Waals surface area contributed by atoms with E-state index in [0.717, 1.165) is 11.4 Å². The topological polar surface area (TPSA) is 46.9 Å². The third-order valence-corrected chi connectivity index (χ3v) is 1.83. The van der Waals surface area contributed by atoms with E-state index in [4.69, 9.17) is 0 Å². The molecule has 4 heteroatoms. The minimum Gasteiger partial charge on any atom is -0.307 e. The Labute approximate surface area is 90.0 Å². The number of aromatic nitrogens is 2. The normalized spacial score (nSPS) is 10.2. The molecule has 0 radical (unpaired) electrons. The van der Waals surface area contributed by atoms with Crippen molar-refractivity contribution < 1.29 is 4.79 Å². The third kappa shape index (κ3) is 3.23. The number of rotatable bonds is 3. The first kappa shape index (κ1) is 11.5. The highest BCUT2D eigenvalue weighted by molar-refractivity contribution is 5.99. The van der Waals surface area contributed by atoms with Gasteiger partial charge < -0.3 is 5.32 Å². The monoisotopic (exact) mass is 207 g/mol. The second kappa shape index (κ2) is 4.77. The van der Waals surface area contributed by atoms with Gasteiger partial charge in [-0.2, -0.15) is 5.10 Å². The lowest BCUT2D eigenvalue weighted by atomic mass is 10.3. The first-order valence-electron chi connectivity index (χ1n) is 5.00. The fourth-order valence-corrected chi connectivity index (χ4v) is 1.25. The fourth-order valence-electron chi connectivity index (χ4n) is 1.25. The molecule has 15 heavy (non-hydrogen) atoms. The Hall–Kier alpha value is -1.58. The van der Waals surface area contributed by atoms with Crippen LogP contribution in [0.25, 0.3) is 0 Å². The van der Waals surface area contributed by atoms with Gasteiger partial charge in [0.15, 0.2) is 0 Å². The van der Waals surface area contributed by atoms with E-state index in [1.165, 1.54) is 0 Å². The molecule has 0 atom stereocenters. The van der Waals surface area contributed by atoms with Gasteiger partial charge in [0, 0.05) is 18.2 Å². The van der Waals surface area contributed by atoms with Crippen molar-refractivity contribution in [1.29, 1.82) is 0 Å². The Morgan fingerprint density at radius 3 is 2.73 bits per heavy atom. The van der Waals surface area contributed by atoms with Gasteiger partial charge in [0.05, 0.1) is 6.20 Å². The van der Waals surface area contributed by atoms with E-state index in [0.29, 0.717) is 0 Å². The lowest BCUT2D eigenvalue weighted by Gasteiger charge is -2.10. The average molecular weight is 207 g/mol. The molecule has 82 valence electrons. The number of hydrogen-bond donors (Lipinski definition) is 1. The van der Waals surface area contributed by atoms with Gasteiger partial charge in [-0.1, -0.05) is 5.57 Å². The predicted octanol–water partition coefficient (Wildman–Crippen LogP) is 2.37. The van der Waals surface area contributed by atoms with E-state index in [9.17, 15) is 4.79 Å². The van der Waals surface area contributed by atoms with Crippen LogP contribution in [0.5, 0.6) is 0 Å². The van der Waals surface area contributed by atoms with Crippen LogP contribution in [0.4, 0.5) is 5.82 Å². The number of carbonyl (C=O) groups excluding carboxylic acids is 1. The van der Waals surface area contributed by atoms with Crippen LogP contribution in [0.3, 0.4) is 0 Å². The molecule has 0 aliphatic heterocycles. The van der Waals surface area contributed by atoms with Crippen molar-refractivity contribution in [3.63, 3.8) is 0 Å². The van der Waals surface area contributed by atoms with Crippen LogP contribution < -0.4 is 5.32 Å². The van der Waals surface area contributed by atoms with Gasteiger partial charge in [0.1, 0.15) is 5.82 Å². The summed E-state index contributed by atoms with van der Waals surface area (Å²) < 4.78 is 1.77. The lowest BCUT2D eigenvalue weighted by Crippen LogP contribution is -2.14. The Bertz CT molecular complexity index is 373. The zero-order valence-electron chi connectivity index (χ0n) is 9.61. The lowest BCUT2D eigenvalue weighted by molar-refractivity contribution is -0.112. The number of hydrogen-bond acceptors (Lipinski definition) is 2. The average Bonchev–Trinajstić information content (AvgIpc) is 2.50. The summed E-state index contributed by atoms with van der Waals surface area (Å²) in [4.78, 5) is 11.5. The third-order valence-electron chi connectivity index (χ3n) is 1.83. The smallest absolute Gasteiger partial charge is 0.249 e. The molecule has 1 rings (SSSR count). The van der Waals surface area contributed by atoms with Gasteiger partial charge in [-0.15, -0.1) is 0 Å². The first-order valence-corrected chi connectivity index (χ1v) is 5.00. The van der Waals surface area contributed by atoms with Gasteiger partial charge in [-0.25, -0.2) is 4.68 Å². The van der Waals surface area contributed by atoms with Crippen molar-refractivity contribution in [2.45, 2.75) is 33.7 Å². The number of anilines is 1. The number of carbonyl (C=O) groups is 1.